The van der Waals surface area contributed by atoms with E-state index in [0.29, 0.717) is 0 Å². The summed E-state index contributed by atoms with van der Waals surface area (Å²) in [6.07, 6.45) is 7.00. The Labute approximate surface area is 281 Å². The second-order valence-electron chi connectivity index (χ2n) is 8.38. The van der Waals surface area contributed by atoms with Crippen LogP contribution in [0.5, 0.6) is 0 Å². The van der Waals surface area contributed by atoms with Crippen molar-refractivity contribution >= 4 is 34.7 Å². The number of aliphatic hydroxyl groups excluding tert-OH is 6. The third kappa shape index (κ3) is 129. The van der Waals surface area contributed by atoms with Gasteiger partial charge in [-0.15, -0.1) is 0 Å². The van der Waals surface area contributed by atoms with Crippen molar-refractivity contribution in [2.75, 3.05) is 0 Å². The molecule has 0 aromatic heterocycles. The van der Waals surface area contributed by atoms with Crippen LogP contribution in [0.25, 0.3) is 0 Å². The minimum Gasteiger partial charge on any atom is -0.512 e. The molecule has 44 heavy (non-hydrogen) atoms. The summed E-state index contributed by atoms with van der Waals surface area (Å²) in [5, 5.41) is 50.2. The molecular weight excluding hydrogens is 670 g/mol. The van der Waals surface area contributed by atoms with Crippen LogP contribution in [0.3, 0.4) is 0 Å². The number of hydrogen-bond acceptors (Lipinski definition) is 12. The smallest absolute Gasteiger partial charge is 0.155 e. The standard InChI is InChI=1S/6C5H8O2.2Co/c6*1-4(6)3-5(2)7;;/h6*3,6H,1-2H3;;/b6*4-3-;;. The van der Waals surface area contributed by atoms with E-state index in [4.69, 9.17) is 30.6 Å². The summed E-state index contributed by atoms with van der Waals surface area (Å²) in [7, 11) is 0. The first-order valence-corrected chi connectivity index (χ1v) is 12.0. The van der Waals surface area contributed by atoms with E-state index in [9.17, 15) is 28.8 Å². The quantitative estimate of drug-likeness (QED) is 0.133. The maximum atomic E-state index is 10.0. The second kappa shape index (κ2) is 39.3. The fourth-order valence-corrected chi connectivity index (χ4v) is 1.76. The first-order valence-electron chi connectivity index (χ1n) is 12.0. The summed E-state index contributed by atoms with van der Waals surface area (Å²) < 4.78 is 0. The van der Waals surface area contributed by atoms with E-state index in [1.54, 1.807) is 0 Å². The van der Waals surface area contributed by atoms with Gasteiger partial charge >= 0.3 is 0 Å². The van der Waals surface area contributed by atoms with Crippen molar-refractivity contribution in [2.24, 2.45) is 0 Å². The van der Waals surface area contributed by atoms with Crippen LogP contribution in [-0.4, -0.2) is 65.3 Å². The minimum absolute atomic E-state index is 0. The van der Waals surface area contributed by atoms with Crippen molar-refractivity contribution in [3.8, 4) is 0 Å². The molecule has 258 valence electrons. The third-order valence-corrected chi connectivity index (χ3v) is 2.47. The first-order chi connectivity index (χ1) is 18.8. The molecular formula is C30H48Co2O12. The maximum Gasteiger partial charge on any atom is 0.155 e. The molecule has 0 spiro atoms. The molecule has 0 rings (SSSR count). The van der Waals surface area contributed by atoms with E-state index in [2.05, 4.69) is 0 Å². The topological polar surface area (TPSA) is 224 Å². The largest absolute Gasteiger partial charge is 0.512 e. The Kier molecular flexibility index (Phi) is 53.2. The number of carbonyl (C=O) groups excluding carboxylic acids is 6. The van der Waals surface area contributed by atoms with Gasteiger partial charge in [-0.25, -0.2) is 0 Å². The molecule has 0 bridgehead atoms. The molecule has 0 aromatic carbocycles. The summed E-state index contributed by atoms with van der Waals surface area (Å²) in [4.78, 5) is 60.1. The second-order valence-corrected chi connectivity index (χ2v) is 8.38. The van der Waals surface area contributed by atoms with E-state index in [1.165, 1.54) is 120 Å². The predicted octanol–water partition coefficient (Wildman–Crippen LogP) is 6.22. The van der Waals surface area contributed by atoms with Crippen LogP contribution in [0, 0.1) is 0 Å². The van der Waals surface area contributed by atoms with Crippen molar-refractivity contribution in [2.45, 2.75) is 83.1 Å². The van der Waals surface area contributed by atoms with Crippen molar-refractivity contribution in [3.05, 3.63) is 71.0 Å². The van der Waals surface area contributed by atoms with Gasteiger partial charge in [-0.3, -0.25) is 28.8 Å². The van der Waals surface area contributed by atoms with Gasteiger partial charge in [0.15, 0.2) is 34.7 Å². The average molecular weight is 719 g/mol. The molecule has 12 nitrogen and oxygen atoms in total. The zero-order valence-electron chi connectivity index (χ0n) is 27.3. The van der Waals surface area contributed by atoms with Crippen LogP contribution in [0.15, 0.2) is 71.0 Å². The number of rotatable bonds is 6. The predicted molar refractivity (Wildman–Crippen MR) is 162 cm³/mol. The van der Waals surface area contributed by atoms with Gasteiger partial charge in [0.1, 0.15) is 0 Å². The molecule has 0 saturated carbocycles. The van der Waals surface area contributed by atoms with Crippen LogP contribution in [0.2, 0.25) is 0 Å². The van der Waals surface area contributed by atoms with E-state index >= 15 is 0 Å². The van der Waals surface area contributed by atoms with E-state index in [1.807, 2.05) is 0 Å². The Hall–Kier alpha value is -3.73. The number of hydrogen-bond donors (Lipinski definition) is 6. The Morgan fingerprint density at radius 2 is 0.341 bits per heavy atom. The van der Waals surface area contributed by atoms with Gasteiger partial charge in [-0.2, -0.15) is 0 Å². The van der Waals surface area contributed by atoms with Gasteiger partial charge in [0.05, 0.1) is 34.6 Å². The van der Waals surface area contributed by atoms with Gasteiger partial charge in [0.2, 0.25) is 0 Å². The molecule has 0 atom stereocenters. The Bertz CT molecular complexity index is 821. The SMILES string of the molecule is CC(=O)/C=C(/C)O.CC(=O)/C=C(/C)O.CC(=O)/C=C(/C)O.CC(=O)/C=C(/C)O.CC(=O)/C=C(/C)O.CC(=O)/C=C(/C)O.[Co].[Co]. The molecule has 14 heteroatoms. The van der Waals surface area contributed by atoms with Crippen LogP contribution in [0.1, 0.15) is 83.1 Å². The first kappa shape index (κ1) is 59.6. The zero-order chi connectivity index (χ0) is 35.2. The monoisotopic (exact) mass is 718 g/mol. The summed E-state index contributed by atoms with van der Waals surface area (Å²) in [5.41, 5.74) is 0. The summed E-state index contributed by atoms with van der Waals surface area (Å²) in [6.45, 7) is 17.1. The molecule has 0 saturated heterocycles. The van der Waals surface area contributed by atoms with Crippen LogP contribution in [0.4, 0.5) is 0 Å². The molecule has 0 aliphatic rings. The molecule has 0 amide bonds. The zero-order valence-corrected chi connectivity index (χ0v) is 29.3. The van der Waals surface area contributed by atoms with Gasteiger partial charge in [-0.05, 0) is 83.1 Å². The van der Waals surface area contributed by atoms with Crippen LogP contribution in [-0.2, 0) is 62.3 Å². The number of ketones is 6. The van der Waals surface area contributed by atoms with Gasteiger partial charge in [0, 0.05) is 70.0 Å². The van der Waals surface area contributed by atoms with Crippen LogP contribution >= 0.6 is 0 Å². The number of aliphatic hydroxyl groups is 6. The molecule has 0 unspecified atom stereocenters. The maximum absolute atomic E-state index is 10.0. The summed E-state index contributed by atoms with van der Waals surface area (Å²) >= 11 is 0. The van der Waals surface area contributed by atoms with E-state index in [-0.39, 0.29) is 103 Å². The van der Waals surface area contributed by atoms with Crippen molar-refractivity contribution in [1.29, 1.82) is 0 Å². The summed E-state index contributed by atoms with van der Waals surface area (Å²) in [5.74, 6) is -0.375. The van der Waals surface area contributed by atoms with Gasteiger partial charge < -0.3 is 30.6 Å². The Balaban J connectivity index is -0.0000000584. The Morgan fingerprint density at radius 1 is 0.273 bits per heavy atom. The van der Waals surface area contributed by atoms with E-state index in [0.717, 1.165) is 0 Å². The Morgan fingerprint density at radius 3 is 0.341 bits per heavy atom. The van der Waals surface area contributed by atoms with Gasteiger partial charge in [0.25, 0.3) is 0 Å². The third-order valence-electron chi connectivity index (χ3n) is 2.47. The average Bonchev–Trinajstić information content (AvgIpc) is 2.63. The fraction of sp³-hybridized carbons (Fsp3) is 0.400. The van der Waals surface area contributed by atoms with E-state index < -0.39 is 0 Å². The fourth-order valence-electron chi connectivity index (χ4n) is 1.76. The van der Waals surface area contributed by atoms with Gasteiger partial charge in [-0.1, -0.05) is 0 Å². The molecule has 0 heterocycles. The van der Waals surface area contributed by atoms with Crippen molar-refractivity contribution < 1.29 is 93.0 Å². The number of allylic oxidation sites excluding steroid dienone is 12. The number of carbonyl (C=O) groups is 6. The molecule has 6 N–H and O–H groups in total. The minimum atomic E-state index is -0.125. The normalized spacial score (nSPS) is 10.9. The molecule has 0 fully saturated rings. The molecule has 0 aliphatic carbocycles. The van der Waals surface area contributed by atoms with Crippen LogP contribution < -0.4 is 0 Å². The summed E-state index contributed by atoms with van der Waals surface area (Å²) in [6, 6.07) is 0. The molecule has 0 aromatic rings. The molecule has 0 aliphatic heterocycles. The van der Waals surface area contributed by atoms with Crippen molar-refractivity contribution in [3.63, 3.8) is 0 Å². The molecule has 2 radical (unpaired) electrons. The van der Waals surface area contributed by atoms with Crippen molar-refractivity contribution in [1.82, 2.24) is 0 Å².